The van der Waals surface area contributed by atoms with E-state index in [1.54, 1.807) is 0 Å². The van der Waals surface area contributed by atoms with Crippen LogP contribution in [0.1, 0.15) is 25.0 Å². The zero-order valence-electron chi connectivity index (χ0n) is 28.6. The number of benzene rings is 8. The van der Waals surface area contributed by atoms with Gasteiger partial charge in [0.2, 0.25) is 0 Å². The van der Waals surface area contributed by atoms with Crippen LogP contribution in [0.4, 0.5) is 17.1 Å². The lowest BCUT2D eigenvalue weighted by Gasteiger charge is -2.28. The molecule has 0 aliphatic heterocycles. The van der Waals surface area contributed by atoms with Crippen molar-refractivity contribution in [1.29, 1.82) is 0 Å². The van der Waals surface area contributed by atoms with Gasteiger partial charge in [-0.2, -0.15) is 0 Å². The normalized spacial score (nSPS) is 13.1. The van der Waals surface area contributed by atoms with E-state index in [4.69, 9.17) is 4.42 Å². The fourth-order valence-electron chi connectivity index (χ4n) is 8.28. The number of hydrogen-bond donors (Lipinski definition) is 0. The van der Waals surface area contributed by atoms with Crippen LogP contribution >= 0.6 is 0 Å². The topological polar surface area (TPSA) is 16.4 Å². The second-order valence-electron chi connectivity index (χ2n) is 14.2. The van der Waals surface area contributed by atoms with Crippen molar-refractivity contribution in [2.24, 2.45) is 0 Å². The van der Waals surface area contributed by atoms with Gasteiger partial charge in [-0.3, -0.25) is 0 Å². The maximum Gasteiger partial charge on any atom is 0.136 e. The fourth-order valence-corrected chi connectivity index (χ4v) is 8.28. The molecule has 1 heterocycles. The van der Waals surface area contributed by atoms with Crippen molar-refractivity contribution in [2.45, 2.75) is 19.3 Å². The number of rotatable bonds is 5. The molecule has 0 saturated carbocycles. The molecule has 2 nitrogen and oxygen atoms in total. The van der Waals surface area contributed by atoms with E-state index in [1.165, 1.54) is 44.2 Å². The Hall–Kier alpha value is -6.38. The molecule has 10 rings (SSSR count). The largest absolute Gasteiger partial charge is 0.456 e. The van der Waals surface area contributed by atoms with Crippen LogP contribution in [-0.2, 0) is 5.41 Å². The third-order valence-electron chi connectivity index (χ3n) is 10.9. The molecule has 0 amide bonds. The van der Waals surface area contributed by atoms with Gasteiger partial charge in [0.15, 0.2) is 0 Å². The Kier molecular flexibility index (Phi) is 6.56. The summed E-state index contributed by atoms with van der Waals surface area (Å²) in [7, 11) is 0. The van der Waals surface area contributed by atoms with E-state index < -0.39 is 0 Å². The van der Waals surface area contributed by atoms with Crippen LogP contribution in [0.15, 0.2) is 180 Å². The minimum atomic E-state index is -0.104. The van der Waals surface area contributed by atoms with Crippen molar-refractivity contribution in [3.8, 4) is 33.4 Å². The van der Waals surface area contributed by atoms with E-state index in [1.807, 2.05) is 12.1 Å². The molecule has 0 atom stereocenters. The summed E-state index contributed by atoms with van der Waals surface area (Å²) in [6.45, 7) is 4.70. The van der Waals surface area contributed by atoms with Crippen LogP contribution < -0.4 is 4.90 Å². The van der Waals surface area contributed by atoms with Gasteiger partial charge in [0.05, 0.1) is 0 Å². The summed E-state index contributed by atoms with van der Waals surface area (Å²) in [6, 6.07) is 63.8. The average molecular weight is 654 g/mol. The minimum Gasteiger partial charge on any atom is -0.456 e. The predicted octanol–water partition coefficient (Wildman–Crippen LogP) is 13.8. The van der Waals surface area contributed by atoms with Crippen LogP contribution in [0.5, 0.6) is 0 Å². The summed E-state index contributed by atoms with van der Waals surface area (Å²) in [5.41, 5.74) is 15.2. The van der Waals surface area contributed by atoms with E-state index in [0.29, 0.717) is 0 Å². The summed E-state index contributed by atoms with van der Waals surface area (Å²) in [4.78, 5) is 2.40. The van der Waals surface area contributed by atoms with E-state index in [0.717, 1.165) is 50.1 Å². The molecular formula is C49H35NO. The van der Waals surface area contributed by atoms with Crippen molar-refractivity contribution in [1.82, 2.24) is 0 Å². The van der Waals surface area contributed by atoms with Gasteiger partial charge in [-0.1, -0.05) is 135 Å². The van der Waals surface area contributed by atoms with Gasteiger partial charge in [-0.15, -0.1) is 0 Å². The Bertz CT molecular complexity index is 2780. The number of nitrogens with zero attached hydrogens (tertiary/aromatic N) is 1. The number of para-hydroxylation sites is 1. The summed E-state index contributed by atoms with van der Waals surface area (Å²) in [6.07, 6.45) is 0. The zero-order valence-corrected chi connectivity index (χ0v) is 28.6. The molecule has 1 aliphatic carbocycles. The van der Waals surface area contributed by atoms with E-state index >= 15 is 0 Å². The van der Waals surface area contributed by atoms with Crippen molar-refractivity contribution < 1.29 is 4.42 Å². The molecule has 242 valence electrons. The lowest BCUT2D eigenvalue weighted by Crippen LogP contribution is -2.16. The molecule has 0 radical (unpaired) electrons. The highest BCUT2D eigenvalue weighted by Crippen LogP contribution is 2.51. The third kappa shape index (κ3) is 4.71. The van der Waals surface area contributed by atoms with Crippen LogP contribution in [0.3, 0.4) is 0 Å². The third-order valence-corrected chi connectivity index (χ3v) is 10.9. The van der Waals surface area contributed by atoms with E-state index in [9.17, 15) is 0 Å². The number of anilines is 3. The first-order chi connectivity index (χ1) is 25.0. The minimum absolute atomic E-state index is 0.104. The number of furan rings is 1. The van der Waals surface area contributed by atoms with Crippen LogP contribution in [0.2, 0.25) is 0 Å². The summed E-state index contributed by atoms with van der Waals surface area (Å²) < 4.78 is 6.28. The maximum absolute atomic E-state index is 6.28. The Morgan fingerprint density at radius 3 is 1.98 bits per heavy atom. The predicted molar refractivity (Wildman–Crippen MR) is 214 cm³/mol. The first-order valence-electron chi connectivity index (χ1n) is 17.7. The molecule has 0 N–H and O–H groups in total. The standard InChI is InChI=1S/C49H35NO/c1-49(2)44-18-7-5-15-41(44)42-28-27-39(31-45(42)49)50(37-25-23-33(24-26-37)35-22-21-32-11-3-4-12-34(32)29-35)38-14-9-13-36(30-38)40-17-10-20-47-48(40)43-16-6-8-19-46(43)51-47/h3-31H,1-2H3. The summed E-state index contributed by atoms with van der Waals surface area (Å²) in [5.74, 6) is 0. The number of hydrogen-bond acceptors (Lipinski definition) is 2. The Balaban J connectivity index is 1.13. The molecule has 9 aromatic rings. The Morgan fingerprint density at radius 2 is 1.08 bits per heavy atom. The highest BCUT2D eigenvalue weighted by molar-refractivity contribution is 6.12. The highest BCUT2D eigenvalue weighted by atomic mass is 16.3. The van der Waals surface area contributed by atoms with Gasteiger partial charge in [-0.05, 0) is 110 Å². The van der Waals surface area contributed by atoms with Crippen molar-refractivity contribution in [3.05, 3.63) is 187 Å². The lowest BCUT2D eigenvalue weighted by molar-refractivity contribution is 0.660. The monoisotopic (exact) mass is 653 g/mol. The Labute approximate surface area is 297 Å². The van der Waals surface area contributed by atoms with Crippen molar-refractivity contribution in [2.75, 3.05) is 4.90 Å². The van der Waals surface area contributed by atoms with Gasteiger partial charge in [0.25, 0.3) is 0 Å². The molecule has 8 aromatic carbocycles. The van der Waals surface area contributed by atoms with Crippen molar-refractivity contribution in [3.63, 3.8) is 0 Å². The van der Waals surface area contributed by atoms with Gasteiger partial charge >= 0.3 is 0 Å². The average Bonchev–Trinajstić information content (AvgIpc) is 3.67. The molecular weight excluding hydrogens is 619 g/mol. The van der Waals surface area contributed by atoms with Crippen LogP contribution in [0, 0.1) is 0 Å². The molecule has 2 heteroatoms. The summed E-state index contributed by atoms with van der Waals surface area (Å²) >= 11 is 0. The highest BCUT2D eigenvalue weighted by Gasteiger charge is 2.35. The lowest BCUT2D eigenvalue weighted by atomic mass is 9.82. The first kappa shape index (κ1) is 29.5. The molecule has 0 fully saturated rings. The Morgan fingerprint density at radius 1 is 0.412 bits per heavy atom. The maximum atomic E-state index is 6.28. The van der Waals surface area contributed by atoms with Gasteiger partial charge < -0.3 is 9.32 Å². The molecule has 0 bridgehead atoms. The zero-order chi connectivity index (χ0) is 34.1. The molecule has 0 saturated heterocycles. The number of fused-ring (bicyclic) bond motifs is 7. The van der Waals surface area contributed by atoms with Gasteiger partial charge in [-0.25, -0.2) is 0 Å². The smallest absolute Gasteiger partial charge is 0.136 e. The van der Waals surface area contributed by atoms with E-state index in [2.05, 4.69) is 183 Å². The second kappa shape index (κ2) is 11.3. The van der Waals surface area contributed by atoms with E-state index in [-0.39, 0.29) is 5.41 Å². The van der Waals surface area contributed by atoms with Crippen LogP contribution in [-0.4, -0.2) is 0 Å². The second-order valence-corrected chi connectivity index (χ2v) is 14.2. The quantitative estimate of drug-likeness (QED) is 0.184. The fraction of sp³-hybridized carbons (Fsp3) is 0.0612. The molecule has 51 heavy (non-hydrogen) atoms. The molecule has 0 spiro atoms. The first-order valence-corrected chi connectivity index (χ1v) is 17.7. The van der Waals surface area contributed by atoms with Gasteiger partial charge in [0, 0.05) is 33.2 Å². The van der Waals surface area contributed by atoms with Gasteiger partial charge in [0.1, 0.15) is 11.2 Å². The molecule has 0 unspecified atom stereocenters. The molecule has 1 aliphatic rings. The summed E-state index contributed by atoms with van der Waals surface area (Å²) in [5, 5.41) is 4.79. The SMILES string of the molecule is CC1(C)c2ccccc2-c2ccc(N(c3ccc(-c4ccc5ccccc5c4)cc3)c3cccc(-c4cccc5oc6ccccc6c45)c3)cc21. The molecule has 1 aromatic heterocycles. The van der Waals surface area contributed by atoms with Crippen LogP contribution in [0.25, 0.3) is 66.1 Å². The van der Waals surface area contributed by atoms with Crippen molar-refractivity contribution >= 4 is 49.8 Å².